The smallest absolute Gasteiger partial charge is 0.161 e. The highest BCUT2D eigenvalue weighted by Gasteiger charge is 2.25. The monoisotopic (exact) mass is 226 g/mol. The van der Waals surface area contributed by atoms with Gasteiger partial charge in [-0.15, -0.1) is 0 Å². The molecule has 1 rings (SSSR count). The van der Waals surface area contributed by atoms with E-state index in [0.29, 0.717) is 12.4 Å². The topological polar surface area (TPSA) is 26.3 Å². The quantitative estimate of drug-likeness (QED) is 0.692. The molecule has 0 unspecified atom stereocenters. The average molecular weight is 226 g/mol. The molecule has 0 heterocycles. The summed E-state index contributed by atoms with van der Waals surface area (Å²) >= 11 is 0. The summed E-state index contributed by atoms with van der Waals surface area (Å²) in [5, 5.41) is 0. The minimum absolute atomic E-state index is 0.167. The molecule has 0 atom stereocenters. The molecule has 94 valence electrons. The van der Waals surface area contributed by atoms with Crippen LogP contribution in [0.25, 0.3) is 0 Å². The van der Waals surface area contributed by atoms with Gasteiger partial charge in [-0.05, 0) is 45.4 Å². The summed E-state index contributed by atoms with van der Waals surface area (Å²) in [7, 11) is 0. The highest BCUT2D eigenvalue weighted by atomic mass is 16.5. The van der Waals surface area contributed by atoms with Crippen molar-refractivity contribution in [3.8, 4) is 0 Å². The summed E-state index contributed by atoms with van der Waals surface area (Å²) < 4.78 is 5.38. The lowest BCUT2D eigenvalue weighted by Gasteiger charge is -2.27. The van der Waals surface area contributed by atoms with Crippen molar-refractivity contribution in [2.75, 3.05) is 6.61 Å². The third kappa shape index (κ3) is 4.65. The molecule has 0 bridgehead atoms. The summed E-state index contributed by atoms with van der Waals surface area (Å²) in [5.74, 6) is 1.48. The zero-order valence-electron chi connectivity index (χ0n) is 11.0. The Kier molecular flexibility index (Phi) is 6.04. The van der Waals surface area contributed by atoms with Gasteiger partial charge in [0.15, 0.2) is 5.78 Å². The predicted molar refractivity (Wildman–Crippen MR) is 66.5 cm³/mol. The van der Waals surface area contributed by atoms with Crippen molar-refractivity contribution in [1.29, 1.82) is 0 Å². The van der Waals surface area contributed by atoms with E-state index < -0.39 is 0 Å². The molecule has 0 spiro atoms. The molecule has 2 nitrogen and oxygen atoms in total. The van der Waals surface area contributed by atoms with Gasteiger partial charge in [-0.1, -0.05) is 19.8 Å². The second kappa shape index (κ2) is 7.05. The Bertz CT molecular complexity index is 203. The van der Waals surface area contributed by atoms with Gasteiger partial charge in [0.1, 0.15) is 6.61 Å². The molecular weight excluding hydrogens is 200 g/mol. The first-order valence-corrected chi connectivity index (χ1v) is 6.77. The Morgan fingerprint density at radius 1 is 1.25 bits per heavy atom. The number of ether oxygens (including phenoxy) is 1. The average Bonchev–Trinajstić information content (AvgIpc) is 2.27. The van der Waals surface area contributed by atoms with Gasteiger partial charge >= 0.3 is 0 Å². The van der Waals surface area contributed by atoms with Crippen LogP contribution in [-0.4, -0.2) is 18.5 Å². The predicted octanol–water partition coefficient (Wildman–Crippen LogP) is 3.59. The van der Waals surface area contributed by atoms with Gasteiger partial charge in [-0.3, -0.25) is 4.79 Å². The standard InChI is InChI=1S/C14H26O2/c1-4-5-12-6-8-13(9-7-12)14(15)10-16-11(2)3/h11-13H,4-10H2,1-3H3. The van der Waals surface area contributed by atoms with Crippen LogP contribution in [0.2, 0.25) is 0 Å². The highest BCUT2D eigenvalue weighted by Crippen LogP contribution is 2.31. The Morgan fingerprint density at radius 2 is 1.88 bits per heavy atom. The first-order chi connectivity index (χ1) is 7.63. The van der Waals surface area contributed by atoms with Crippen molar-refractivity contribution in [3.05, 3.63) is 0 Å². The third-order valence-electron chi connectivity index (χ3n) is 3.56. The molecule has 2 heteroatoms. The van der Waals surface area contributed by atoms with Gasteiger partial charge in [-0.2, -0.15) is 0 Å². The Balaban J connectivity index is 2.22. The van der Waals surface area contributed by atoms with Crippen molar-refractivity contribution >= 4 is 5.78 Å². The maximum absolute atomic E-state index is 11.8. The summed E-state index contributed by atoms with van der Waals surface area (Å²) in [5.41, 5.74) is 0. The van der Waals surface area contributed by atoms with E-state index in [0.717, 1.165) is 18.8 Å². The van der Waals surface area contributed by atoms with Crippen molar-refractivity contribution in [1.82, 2.24) is 0 Å². The highest BCUT2D eigenvalue weighted by molar-refractivity contribution is 5.82. The van der Waals surface area contributed by atoms with Gasteiger partial charge in [0.2, 0.25) is 0 Å². The van der Waals surface area contributed by atoms with Crippen LogP contribution in [0.5, 0.6) is 0 Å². The Hall–Kier alpha value is -0.370. The van der Waals surface area contributed by atoms with Gasteiger partial charge < -0.3 is 4.74 Å². The Morgan fingerprint density at radius 3 is 2.38 bits per heavy atom. The molecule has 0 saturated heterocycles. The number of carbonyl (C=O) groups is 1. The van der Waals surface area contributed by atoms with E-state index in [1.807, 2.05) is 13.8 Å². The second-order valence-corrected chi connectivity index (χ2v) is 5.33. The van der Waals surface area contributed by atoms with Crippen molar-refractivity contribution in [3.63, 3.8) is 0 Å². The zero-order chi connectivity index (χ0) is 12.0. The number of carbonyl (C=O) groups excluding carboxylic acids is 1. The molecule has 1 saturated carbocycles. The molecule has 16 heavy (non-hydrogen) atoms. The molecule has 0 radical (unpaired) electrons. The molecule has 0 aromatic carbocycles. The minimum atomic E-state index is 0.167. The van der Waals surface area contributed by atoms with Crippen LogP contribution in [0, 0.1) is 11.8 Å². The Labute approximate surface area is 99.8 Å². The number of ketones is 1. The van der Waals surface area contributed by atoms with Crippen LogP contribution in [-0.2, 0) is 9.53 Å². The minimum Gasteiger partial charge on any atom is -0.371 e. The van der Waals surface area contributed by atoms with E-state index in [9.17, 15) is 4.79 Å². The summed E-state index contributed by atoms with van der Waals surface area (Å²) in [6.45, 7) is 6.52. The molecule has 1 aliphatic rings. The van der Waals surface area contributed by atoms with E-state index in [2.05, 4.69) is 6.92 Å². The normalized spacial score (nSPS) is 26.0. The number of rotatable bonds is 6. The number of Topliss-reactive ketones (excluding diaryl/α,β-unsaturated/α-hetero) is 1. The molecule has 0 N–H and O–H groups in total. The van der Waals surface area contributed by atoms with E-state index in [4.69, 9.17) is 4.74 Å². The van der Waals surface area contributed by atoms with Crippen molar-refractivity contribution in [2.45, 2.75) is 65.4 Å². The van der Waals surface area contributed by atoms with E-state index in [1.165, 1.54) is 25.7 Å². The van der Waals surface area contributed by atoms with E-state index in [-0.39, 0.29) is 12.0 Å². The van der Waals surface area contributed by atoms with Gasteiger partial charge in [-0.25, -0.2) is 0 Å². The van der Waals surface area contributed by atoms with E-state index in [1.54, 1.807) is 0 Å². The fraction of sp³-hybridized carbons (Fsp3) is 0.929. The lowest BCUT2D eigenvalue weighted by Crippen LogP contribution is -2.26. The molecule has 0 aromatic heterocycles. The van der Waals surface area contributed by atoms with Crippen LogP contribution in [0.3, 0.4) is 0 Å². The van der Waals surface area contributed by atoms with Crippen LogP contribution in [0.15, 0.2) is 0 Å². The van der Waals surface area contributed by atoms with E-state index >= 15 is 0 Å². The van der Waals surface area contributed by atoms with Crippen molar-refractivity contribution < 1.29 is 9.53 Å². The zero-order valence-corrected chi connectivity index (χ0v) is 11.0. The van der Waals surface area contributed by atoms with Crippen LogP contribution < -0.4 is 0 Å². The van der Waals surface area contributed by atoms with Crippen LogP contribution >= 0.6 is 0 Å². The lowest BCUT2D eigenvalue weighted by atomic mass is 9.78. The first kappa shape index (κ1) is 13.7. The summed E-state index contributed by atoms with van der Waals surface area (Å²) in [4.78, 5) is 11.8. The molecule has 0 aromatic rings. The van der Waals surface area contributed by atoms with Gasteiger partial charge in [0.05, 0.1) is 6.10 Å². The van der Waals surface area contributed by atoms with Crippen LogP contribution in [0.4, 0.5) is 0 Å². The molecule has 1 aliphatic carbocycles. The SMILES string of the molecule is CCCC1CCC(C(=O)COC(C)C)CC1. The maximum Gasteiger partial charge on any atom is 0.161 e. The summed E-state index contributed by atoms with van der Waals surface area (Å²) in [6, 6.07) is 0. The van der Waals surface area contributed by atoms with Crippen LogP contribution in [0.1, 0.15) is 59.3 Å². The lowest BCUT2D eigenvalue weighted by molar-refractivity contribution is -0.130. The maximum atomic E-state index is 11.8. The van der Waals surface area contributed by atoms with Crippen molar-refractivity contribution in [2.24, 2.45) is 11.8 Å². The van der Waals surface area contributed by atoms with Gasteiger partial charge in [0, 0.05) is 5.92 Å². The largest absolute Gasteiger partial charge is 0.371 e. The second-order valence-electron chi connectivity index (χ2n) is 5.33. The number of hydrogen-bond donors (Lipinski definition) is 0. The molecule has 0 amide bonds. The number of hydrogen-bond acceptors (Lipinski definition) is 2. The van der Waals surface area contributed by atoms with Gasteiger partial charge in [0.25, 0.3) is 0 Å². The third-order valence-corrected chi connectivity index (χ3v) is 3.56. The molecule has 1 fully saturated rings. The fourth-order valence-electron chi connectivity index (χ4n) is 2.55. The fourth-order valence-corrected chi connectivity index (χ4v) is 2.55. The summed E-state index contributed by atoms with van der Waals surface area (Å²) in [6.07, 6.45) is 7.44. The molecular formula is C14H26O2. The molecule has 0 aliphatic heterocycles. The first-order valence-electron chi connectivity index (χ1n) is 6.77.